The van der Waals surface area contributed by atoms with E-state index >= 15 is 0 Å². The summed E-state index contributed by atoms with van der Waals surface area (Å²) in [5, 5.41) is 13.1. The third kappa shape index (κ3) is 3.65. The summed E-state index contributed by atoms with van der Waals surface area (Å²) < 4.78 is 0. The van der Waals surface area contributed by atoms with Crippen LogP contribution in [0.4, 0.5) is 5.69 Å². The summed E-state index contributed by atoms with van der Waals surface area (Å²) in [6.45, 7) is 0.465. The van der Waals surface area contributed by atoms with Gasteiger partial charge in [-0.25, -0.2) is 0 Å². The van der Waals surface area contributed by atoms with Crippen LogP contribution < -0.4 is 5.32 Å². The van der Waals surface area contributed by atoms with Crippen molar-refractivity contribution in [1.82, 2.24) is 0 Å². The average Bonchev–Trinajstić information content (AvgIpc) is 2.39. The van der Waals surface area contributed by atoms with Crippen LogP contribution >= 0.6 is 23.2 Å². The lowest BCUT2D eigenvalue weighted by atomic mass is 10.0. The predicted octanol–water partition coefficient (Wildman–Crippen LogP) is 4.23. The van der Waals surface area contributed by atoms with Gasteiger partial charge in [0, 0.05) is 6.54 Å². The van der Waals surface area contributed by atoms with Gasteiger partial charge in [0.1, 0.15) is 0 Å². The van der Waals surface area contributed by atoms with Crippen LogP contribution in [0.1, 0.15) is 11.1 Å². The van der Waals surface area contributed by atoms with Crippen LogP contribution in [-0.4, -0.2) is 11.1 Å². The number of hydrogen-bond donors (Lipinski definition) is 2. The van der Waals surface area contributed by atoms with Gasteiger partial charge >= 0.3 is 5.97 Å². The first kappa shape index (κ1) is 14.7. The number of carbonyl (C=O) groups is 1. The quantitative estimate of drug-likeness (QED) is 0.869. The maximum atomic E-state index is 10.8. The van der Waals surface area contributed by atoms with Crippen molar-refractivity contribution in [2.75, 3.05) is 5.32 Å². The van der Waals surface area contributed by atoms with Crippen molar-refractivity contribution < 1.29 is 9.90 Å². The highest BCUT2D eigenvalue weighted by atomic mass is 35.5. The van der Waals surface area contributed by atoms with Gasteiger partial charge in [0.05, 0.1) is 22.2 Å². The monoisotopic (exact) mass is 309 g/mol. The largest absolute Gasteiger partial charge is 0.481 e. The molecule has 0 spiro atoms. The minimum absolute atomic E-state index is 0.00585. The van der Waals surface area contributed by atoms with Gasteiger partial charge < -0.3 is 10.4 Å². The molecule has 0 fully saturated rings. The number of hydrogen-bond acceptors (Lipinski definition) is 2. The van der Waals surface area contributed by atoms with Gasteiger partial charge in [-0.2, -0.15) is 0 Å². The van der Waals surface area contributed by atoms with E-state index in [0.29, 0.717) is 22.3 Å². The van der Waals surface area contributed by atoms with Gasteiger partial charge in [0.25, 0.3) is 0 Å². The van der Waals surface area contributed by atoms with Gasteiger partial charge in [-0.3, -0.25) is 4.79 Å². The second kappa shape index (κ2) is 6.64. The second-order valence-corrected chi connectivity index (χ2v) is 5.10. The Kier molecular flexibility index (Phi) is 4.88. The number of para-hydroxylation sites is 1. The number of aliphatic carboxylic acids is 1. The van der Waals surface area contributed by atoms with Crippen molar-refractivity contribution in [3.8, 4) is 0 Å². The Hall–Kier alpha value is -1.71. The van der Waals surface area contributed by atoms with Crippen LogP contribution in [0, 0.1) is 0 Å². The van der Waals surface area contributed by atoms with E-state index in [-0.39, 0.29) is 6.42 Å². The first-order valence-electron chi connectivity index (χ1n) is 6.04. The molecule has 0 radical (unpaired) electrons. The van der Waals surface area contributed by atoms with Crippen molar-refractivity contribution in [3.63, 3.8) is 0 Å². The van der Waals surface area contributed by atoms with Crippen molar-refractivity contribution in [1.29, 1.82) is 0 Å². The van der Waals surface area contributed by atoms with Crippen molar-refractivity contribution in [3.05, 3.63) is 63.6 Å². The van der Waals surface area contributed by atoms with Crippen LogP contribution in [0.2, 0.25) is 10.0 Å². The van der Waals surface area contributed by atoms with Gasteiger partial charge in [0.15, 0.2) is 0 Å². The van der Waals surface area contributed by atoms with E-state index in [4.69, 9.17) is 28.3 Å². The fourth-order valence-corrected chi connectivity index (χ4v) is 2.45. The normalized spacial score (nSPS) is 10.3. The minimum atomic E-state index is -0.853. The highest BCUT2D eigenvalue weighted by Crippen LogP contribution is 2.30. The van der Waals surface area contributed by atoms with Gasteiger partial charge in [-0.1, -0.05) is 53.5 Å². The first-order valence-corrected chi connectivity index (χ1v) is 6.80. The van der Waals surface area contributed by atoms with Crippen LogP contribution in [-0.2, 0) is 17.8 Å². The standard InChI is InChI=1S/C15H13Cl2NO2/c16-12-6-3-7-13(17)15(12)18-9-11-5-2-1-4-10(11)8-14(19)20/h1-7,18H,8-9H2,(H,19,20). The van der Waals surface area contributed by atoms with E-state index in [1.54, 1.807) is 24.3 Å². The van der Waals surface area contributed by atoms with Crippen LogP contribution in [0.5, 0.6) is 0 Å². The summed E-state index contributed by atoms with van der Waals surface area (Å²) in [6, 6.07) is 12.7. The van der Waals surface area contributed by atoms with Gasteiger partial charge in [0.2, 0.25) is 0 Å². The van der Waals surface area contributed by atoms with E-state index in [9.17, 15) is 4.79 Å². The molecule has 0 aliphatic rings. The molecule has 2 rings (SSSR count). The van der Waals surface area contributed by atoms with Crippen molar-refractivity contribution in [2.45, 2.75) is 13.0 Å². The number of halogens is 2. The summed E-state index contributed by atoms with van der Waals surface area (Å²) >= 11 is 12.2. The summed E-state index contributed by atoms with van der Waals surface area (Å²) in [6.07, 6.45) is -0.00585. The topological polar surface area (TPSA) is 49.3 Å². The predicted molar refractivity (Wildman–Crippen MR) is 81.6 cm³/mol. The molecule has 0 atom stereocenters. The molecule has 3 nitrogen and oxygen atoms in total. The van der Waals surface area contributed by atoms with Gasteiger partial charge in [-0.05, 0) is 23.3 Å². The number of nitrogens with one attached hydrogen (secondary N) is 1. The Labute approximate surface area is 127 Å². The molecule has 0 saturated carbocycles. The lowest BCUT2D eigenvalue weighted by Crippen LogP contribution is -2.07. The Morgan fingerprint density at radius 2 is 1.60 bits per heavy atom. The maximum absolute atomic E-state index is 10.8. The van der Waals surface area contributed by atoms with Crippen LogP contribution in [0.25, 0.3) is 0 Å². The lowest BCUT2D eigenvalue weighted by molar-refractivity contribution is -0.136. The molecule has 2 aromatic carbocycles. The zero-order valence-electron chi connectivity index (χ0n) is 10.6. The zero-order chi connectivity index (χ0) is 14.5. The number of carboxylic acid groups (broad SMARTS) is 1. The Bertz CT molecular complexity index is 609. The molecular weight excluding hydrogens is 297 g/mol. The van der Waals surface area contributed by atoms with Crippen molar-refractivity contribution >= 4 is 34.9 Å². The SMILES string of the molecule is O=C(O)Cc1ccccc1CNc1c(Cl)cccc1Cl. The Morgan fingerprint density at radius 1 is 1.00 bits per heavy atom. The number of carboxylic acids is 1. The molecule has 0 aliphatic carbocycles. The third-order valence-corrected chi connectivity index (χ3v) is 3.51. The summed E-state index contributed by atoms with van der Waals surface area (Å²) in [5.41, 5.74) is 2.34. The van der Waals surface area contributed by atoms with E-state index < -0.39 is 5.97 Å². The molecule has 0 aromatic heterocycles. The molecule has 2 N–H and O–H groups in total. The number of benzene rings is 2. The Balaban J connectivity index is 2.17. The molecule has 0 saturated heterocycles. The third-order valence-electron chi connectivity index (χ3n) is 2.88. The molecule has 104 valence electrons. The number of rotatable bonds is 5. The van der Waals surface area contributed by atoms with Gasteiger partial charge in [-0.15, -0.1) is 0 Å². The number of anilines is 1. The smallest absolute Gasteiger partial charge is 0.307 e. The van der Waals surface area contributed by atoms with E-state index in [1.165, 1.54) is 0 Å². The first-order chi connectivity index (χ1) is 9.58. The van der Waals surface area contributed by atoms with E-state index in [1.807, 2.05) is 18.2 Å². The molecule has 0 aliphatic heterocycles. The van der Waals surface area contributed by atoms with E-state index in [0.717, 1.165) is 11.1 Å². The Morgan fingerprint density at radius 3 is 2.20 bits per heavy atom. The zero-order valence-corrected chi connectivity index (χ0v) is 12.1. The fraction of sp³-hybridized carbons (Fsp3) is 0.133. The van der Waals surface area contributed by atoms with Crippen LogP contribution in [0.3, 0.4) is 0 Å². The minimum Gasteiger partial charge on any atom is -0.481 e. The molecule has 0 unspecified atom stereocenters. The van der Waals surface area contributed by atoms with E-state index in [2.05, 4.69) is 5.32 Å². The highest BCUT2D eigenvalue weighted by molar-refractivity contribution is 6.39. The molecule has 0 amide bonds. The summed E-state index contributed by atoms with van der Waals surface area (Å²) in [5.74, 6) is -0.853. The highest BCUT2D eigenvalue weighted by Gasteiger charge is 2.08. The molecule has 0 bridgehead atoms. The molecule has 2 aromatic rings. The molecular formula is C15H13Cl2NO2. The fourth-order valence-electron chi connectivity index (χ4n) is 1.92. The summed E-state index contributed by atoms with van der Waals surface area (Å²) in [4.78, 5) is 10.8. The molecule has 0 heterocycles. The van der Waals surface area contributed by atoms with Crippen LogP contribution in [0.15, 0.2) is 42.5 Å². The summed E-state index contributed by atoms with van der Waals surface area (Å²) in [7, 11) is 0. The van der Waals surface area contributed by atoms with Crippen molar-refractivity contribution in [2.24, 2.45) is 0 Å². The maximum Gasteiger partial charge on any atom is 0.307 e. The lowest BCUT2D eigenvalue weighted by Gasteiger charge is -2.12. The average molecular weight is 310 g/mol. The molecule has 20 heavy (non-hydrogen) atoms. The second-order valence-electron chi connectivity index (χ2n) is 4.29. The molecule has 5 heteroatoms.